The Morgan fingerprint density at radius 1 is 1.00 bits per heavy atom. The molecule has 4 heteroatoms. The van der Waals surface area contributed by atoms with Crippen LogP contribution in [0, 0.1) is 0 Å². The minimum absolute atomic E-state index is 0. The van der Waals surface area contributed by atoms with Gasteiger partial charge in [-0.1, -0.05) is 0 Å². The maximum absolute atomic E-state index is 0. The molecule has 0 spiro atoms. The first kappa shape index (κ1) is 32.5. The molecule has 5 radical (unpaired) electrons. The van der Waals surface area contributed by atoms with Crippen LogP contribution in [0.2, 0.25) is 0 Å². The van der Waals surface area contributed by atoms with Crippen molar-refractivity contribution >= 4 is 25.8 Å². The molecule has 0 saturated carbocycles. The zero-order valence-corrected chi connectivity index (χ0v) is 8.11. The van der Waals surface area contributed by atoms with Crippen LogP contribution in [0.1, 0.15) is 0 Å². The predicted octanol–water partition coefficient (Wildman–Crippen LogP) is -0.388. The van der Waals surface area contributed by atoms with Crippen LogP contribution in [0.5, 0.6) is 0 Å². The van der Waals surface area contributed by atoms with Gasteiger partial charge in [-0.25, -0.2) is 0 Å². The second kappa shape index (κ2) is 18.2. The minimum atomic E-state index is 0. The van der Waals surface area contributed by atoms with Crippen molar-refractivity contribution in [3.05, 3.63) is 0 Å². The summed E-state index contributed by atoms with van der Waals surface area (Å²) < 4.78 is 0. The Morgan fingerprint density at radius 2 is 1.00 bits per heavy atom. The Morgan fingerprint density at radius 3 is 1.00 bits per heavy atom. The van der Waals surface area contributed by atoms with Crippen molar-refractivity contribution in [2.45, 2.75) is 0 Å². The maximum atomic E-state index is 0. The number of hydrogen-bond donors (Lipinski definition) is 0. The molecule has 0 unspecified atom stereocenters. The third-order valence-corrected chi connectivity index (χ3v) is 0. The van der Waals surface area contributed by atoms with Crippen LogP contribution in [0.4, 0.5) is 0 Å². The van der Waals surface area contributed by atoms with E-state index in [4.69, 9.17) is 0 Å². The Kier molecular flexibility index (Phi) is 148. The third-order valence-electron chi connectivity index (χ3n) is 0. The monoisotopic (exact) mass is 287 g/mol. The van der Waals surface area contributed by atoms with E-state index >= 15 is 0 Å². The SMILES string of the molecule is [Co].[In].[Mn].[Ni]. The quantitative estimate of drug-likeness (QED) is 0.533. The maximum Gasteiger partial charge on any atom is 0 e. The zero-order valence-electron chi connectivity index (χ0n) is 1.60. The van der Waals surface area contributed by atoms with E-state index in [1.165, 1.54) is 0 Å². The van der Waals surface area contributed by atoms with Crippen molar-refractivity contribution in [3.8, 4) is 0 Å². The molecule has 4 heavy (non-hydrogen) atoms. The van der Waals surface area contributed by atoms with Gasteiger partial charge in [-0.05, 0) is 0 Å². The van der Waals surface area contributed by atoms with E-state index in [2.05, 4.69) is 0 Å². The molecule has 0 aliphatic heterocycles. The molecule has 0 aromatic heterocycles. The Bertz CT molecular complexity index is 8.00. The van der Waals surface area contributed by atoms with E-state index in [-0.39, 0.29) is 76.2 Å². The molecule has 0 rings (SSSR count). The molecule has 0 bridgehead atoms. The topological polar surface area (TPSA) is 0 Å². The summed E-state index contributed by atoms with van der Waals surface area (Å²) in [6.45, 7) is 0. The van der Waals surface area contributed by atoms with Gasteiger partial charge >= 0.3 is 0 Å². The van der Waals surface area contributed by atoms with Crippen LogP contribution >= 0.6 is 0 Å². The third kappa shape index (κ3) is 8.83. The van der Waals surface area contributed by atoms with Crippen molar-refractivity contribution < 1.29 is 50.3 Å². The van der Waals surface area contributed by atoms with E-state index in [0.29, 0.717) is 0 Å². The van der Waals surface area contributed by atoms with Crippen molar-refractivity contribution in [1.82, 2.24) is 0 Å². The van der Waals surface area contributed by atoms with Gasteiger partial charge in [0.2, 0.25) is 0 Å². The molecule has 29 valence electrons. The Balaban J connectivity index is 0. The average Bonchev–Trinajstić information content (AvgIpc) is 0. The van der Waals surface area contributed by atoms with Crippen LogP contribution in [0.25, 0.3) is 0 Å². The number of rotatable bonds is 0. The summed E-state index contributed by atoms with van der Waals surface area (Å²) in [7, 11) is 0. The fraction of sp³-hybridized carbons (Fsp3) is 0. The molecule has 0 heterocycles. The first-order valence-corrected chi connectivity index (χ1v) is 0. The van der Waals surface area contributed by atoms with E-state index in [9.17, 15) is 0 Å². The van der Waals surface area contributed by atoms with Crippen molar-refractivity contribution in [3.63, 3.8) is 0 Å². The van der Waals surface area contributed by atoms with Crippen molar-refractivity contribution in [2.24, 2.45) is 0 Å². The molecule has 0 atom stereocenters. The molecule has 0 saturated heterocycles. The summed E-state index contributed by atoms with van der Waals surface area (Å²) in [6, 6.07) is 0. The van der Waals surface area contributed by atoms with Gasteiger partial charge in [-0.15, -0.1) is 0 Å². The second-order valence-corrected chi connectivity index (χ2v) is 0. The zero-order chi connectivity index (χ0) is 0. The van der Waals surface area contributed by atoms with E-state index in [0.717, 1.165) is 0 Å². The summed E-state index contributed by atoms with van der Waals surface area (Å²) in [5, 5.41) is 0. The molecule has 0 amide bonds. The van der Waals surface area contributed by atoms with Crippen LogP contribution < -0.4 is 0 Å². The van der Waals surface area contributed by atoms with Crippen molar-refractivity contribution in [2.75, 3.05) is 0 Å². The van der Waals surface area contributed by atoms with Crippen LogP contribution in [-0.4, -0.2) is 25.8 Å². The average molecular weight is 287 g/mol. The fourth-order valence-electron chi connectivity index (χ4n) is 0. The molecule has 0 aromatic carbocycles. The first-order chi connectivity index (χ1) is 0. The normalized spacial score (nSPS) is 0. The Labute approximate surface area is 75.2 Å². The van der Waals surface area contributed by atoms with Gasteiger partial charge in [0.1, 0.15) is 0 Å². The second-order valence-electron chi connectivity index (χ2n) is 0. The van der Waals surface area contributed by atoms with Crippen LogP contribution in [0.15, 0.2) is 0 Å². The van der Waals surface area contributed by atoms with Gasteiger partial charge in [0.15, 0.2) is 0 Å². The predicted molar refractivity (Wildman–Crippen MR) is 5.75 cm³/mol. The summed E-state index contributed by atoms with van der Waals surface area (Å²) in [6.07, 6.45) is 0. The summed E-state index contributed by atoms with van der Waals surface area (Å²) >= 11 is 0. The van der Waals surface area contributed by atoms with Gasteiger partial charge in [-0.2, -0.15) is 0 Å². The Hall–Kier alpha value is 2.39. The molecular formula is CoInMnNi. The van der Waals surface area contributed by atoms with E-state index < -0.39 is 0 Å². The molecule has 0 aromatic rings. The van der Waals surface area contributed by atoms with Gasteiger partial charge in [-0.3, -0.25) is 0 Å². The number of hydrogen-bond acceptors (Lipinski definition) is 0. The smallest absolute Gasteiger partial charge is 0 e. The standard InChI is InChI=1S/Co.In.Mn.Ni. The molecule has 0 N–H and O–H groups in total. The molecule has 0 nitrogen and oxygen atoms in total. The van der Waals surface area contributed by atoms with Gasteiger partial charge in [0.25, 0.3) is 0 Å². The van der Waals surface area contributed by atoms with E-state index in [1.807, 2.05) is 0 Å². The van der Waals surface area contributed by atoms with Crippen LogP contribution in [0.3, 0.4) is 0 Å². The summed E-state index contributed by atoms with van der Waals surface area (Å²) in [5.41, 5.74) is 0. The van der Waals surface area contributed by atoms with Gasteiger partial charge in [0.05, 0.1) is 0 Å². The summed E-state index contributed by atoms with van der Waals surface area (Å²) in [5.74, 6) is 0. The first-order valence-electron chi connectivity index (χ1n) is 0. The molecular weight excluding hydrogens is 287 g/mol. The molecule has 0 aliphatic carbocycles. The van der Waals surface area contributed by atoms with Gasteiger partial charge in [0, 0.05) is 76.2 Å². The molecule has 0 fully saturated rings. The fourth-order valence-corrected chi connectivity index (χ4v) is 0. The van der Waals surface area contributed by atoms with Crippen LogP contribution in [-0.2, 0) is 50.3 Å². The molecule has 0 aliphatic rings. The minimum Gasteiger partial charge on any atom is 0 e. The largest absolute Gasteiger partial charge is 0 e. The van der Waals surface area contributed by atoms with E-state index in [1.54, 1.807) is 0 Å². The summed E-state index contributed by atoms with van der Waals surface area (Å²) in [4.78, 5) is 0. The van der Waals surface area contributed by atoms with Gasteiger partial charge < -0.3 is 0 Å². The van der Waals surface area contributed by atoms with Crippen molar-refractivity contribution in [1.29, 1.82) is 0 Å².